The Labute approximate surface area is 87.3 Å². The molecule has 0 heterocycles. The summed E-state index contributed by atoms with van der Waals surface area (Å²) in [6.45, 7) is 3.13. The van der Waals surface area contributed by atoms with E-state index in [-0.39, 0.29) is 22.1 Å². The zero-order valence-corrected chi connectivity index (χ0v) is 8.97. The van der Waals surface area contributed by atoms with E-state index in [9.17, 15) is 9.90 Å². The number of aryl methyl sites for hydroxylation is 1. The summed E-state index contributed by atoms with van der Waals surface area (Å²) in [4.78, 5) is 11.1. The fraction of sp³-hybridized carbons (Fsp3) is 0.300. The van der Waals surface area contributed by atoms with Gasteiger partial charge in [-0.3, -0.25) is 4.79 Å². The molecular weight excluding hydrogens is 204 g/mol. The highest BCUT2D eigenvalue weighted by atomic mass is 35.5. The number of halogens is 1. The highest BCUT2D eigenvalue weighted by Crippen LogP contribution is 2.38. The maximum atomic E-state index is 11.1. The molecule has 0 aliphatic rings. The second-order valence-electron chi connectivity index (χ2n) is 2.99. The number of hydrogen-bond acceptors (Lipinski definition) is 3. The van der Waals surface area contributed by atoms with Crippen LogP contribution in [0.1, 0.15) is 22.8 Å². The first kappa shape index (κ1) is 10.9. The molecule has 1 aromatic rings. The van der Waals surface area contributed by atoms with Gasteiger partial charge in [-0.05, 0) is 25.5 Å². The van der Waals surface area contributed by atoms with Crippen LogP contribution in [0, 0.1) is 6.92 Å². The van der Waals surface area contributed by atoms with Crippen molar-refractivity contribution in [1.82, 2.24) is 0 Å². The van der Waals surface area contributed by atoms with E-state index in [0.29, 0.717) is 5.75 Å². The first-order valence-corrected chi connectivity index (χ1v) is 4.43. The molecule has 0 saturated carbocycles. The van der Waals surface area contributed by atoms with Crippen molar-refractivity contribution in [1.29, 1.82) is 0 Å². The first-order chi connectivity index (χ1) is 6.49. The van der Waals surface area contributed by atoms with Gasteiger partial charge >= 0.3 is 0 Å². The lowest BCUT2D eigenvalue weighted by Crippen LogP contribution is -1.97. The summed E-state index contributed by atoms with van der Waals surface area (Å²) in [5.74, 6) is -0.0501. The van der Waals surface area contributed by atoms with E-state index in [4.69, 9.17) is 16.3 Å². The number of ketones is 1. The molecule has 0 aliphatic carbocycles. The monoisotopic (exact) mass is 214 g/mol. The number of phenolic OH excluding ortho intramolecular Hbond substituents is 1. The van der Waals surface area contributed by atoms with Gasteiger partial charge in [0.1, 0.15) is 16.5 Å². The molecular formula is C10H11ClO3. The van der Waals surface area contributed by atoms with Crippen LogP contribution in [0.5, 0.6) is 11.5 Å². The third-order valence-corrected chi connectivity index (χ3v) is 2.32. The van der Waals surface area contributed by atoms with Gasteiger partial charge in [-0.25, -0.2) is 0 Å². The van der Waals surface area contributed by atoms with Crippen LogP contribution in [-0.4, -0.2) is 18.0 Å². The average Bonchev–Trinajstić information content (AvgIpc) is 2.12. The lowest BCUT2D eigenvalue weighted by atomic mass is 10.1. The Hall–Kier alpha value is -1.22. The van der Waals surface area contributed by atoms with E-state index in [1.807, 2.05) is 0 Å². The topological polar surface area (TPSA) is 46.5 Å². The van der Waals surface area contributed by atoms with Crippen molar-refractivity contribution in [3.8, 4) is 11.5 Å². The van der Waals surface area contributed by atoms with E-state index in [2.05, 4.69) is 0 Å². The number of benzene rings is 1. The summed E-state index contributed by atoms with van der Waals surface area (Å²) in [6.07, 6.45) is 0. The number of carbonyl (C=O) groups excluding carboxylic acids is 1. The predicted molar refractivity (Wildman–Crippen MR) is 54.4 cm³/mol. The van der Waals surface area contributed by atoms with Gasteiger partial charge < -0.3 is 9.84 Å². The fourth-order valence-corrected chi connectivity index (χ4v) is 1.60. The zero-order valence-electron chi connectivity index (χ0n) is 8.22. The van der Waals surface area contributed by atoms with Crippen molar-refractivity contribution in [2.24, 2.45) is 0 Å². The molecule has 1 rings (SSSR count). The molecule has 4 heteroatoms. The van der Waals surface area contributed by atoms with Crippen molar-refractivity contribution in [2.75, 3.05) is 7.11 Å². The Morgan fingerprint density at radius 3 is 2.57 bits per heavy atom. The van der Waals surface area contributed by atoms with Gasteiger partial charge in [0.05, 0.1) is 12.7 Å². The smallest absolute Gasteiger partial charge is 0.163 e. The van der Waals surface area contributed by atoms with Crippen LogP contribution in [-0.2, 0) is 0 Å². The summed E-state index contributed by atoms with van der Waals surface area (Å²) in [7, 11) is 1.46. The molecule has 0 bridgehead atoms. The second kappa shape index (κ2) is 3.88. The van der Waals surface area contributed by atoms with Crippen molar-refractivity contribution in [2.45, 2.75) is 13.8 Å². The Kier molecular flexibility index (Phi) is 3.01. The third-order valence-electron chi connectivity index (χ3n) is 1.96. The highest BCUT2D eigenvalue weighted by Gasteiger charge is 2.16. The van der Waals surface area contributed by atoms with Gasteiger partial charge in [-0.2, -0.15) is 0 Å². The van der Waals surface area contributed by atoms with Crippen LogP contribution in [0.25, 0.3) is 0 Å². The molecule has 14 heavy (non-hydrogen) atoms. The van der Waals surface area contributed by atoms with Gasteiger partial charge in [-0.15, -0.1) is 0 Å². The van der Waals surface area contributed by atoms with E-state index in [0.717, 1.165) is 5.56 Å². The van der Waals surface area contributed by atoms with Crippen LogP contribution in [0.4, 0.5) is 0 Å². The molecule has 1 N–H and O–H groups in total. The molecule has 0 aliphatic heterocycles. The Morgan fingerprint density at radius 1 is 1.57 bits per heavy atom. The normalized spacial score (nSPS) is 10.0. The average molecular weight is 215 g/mol. The van der Waals surface area contributed by atoms with E-state index in [1.54, 1.807) is 13.0 Å². The first-order valence-electron chi connectivity index (χ1n) is 4.06. The van der Waals surface area contributed by atoms with Crippen LogP contribution < -0.4 is 4.74 Å². The van der Waals surface area contributed by atoms with Gasteiger partial charge in [0.25, 0.3) is 0 Å². The van der Waals surface area contributed by atoms with Gasteiger partial charge in [0.15, 0.2) is 5.78 Å². The summed E-state index contributed by atoms with van der Waals surface area (Å²) in [6, 6.07) is 1.56. The molecule has 0 unspecified atom stereocenters. The van der Waals surface area contributed by atoms with Crippen molar-refractivity contribution in [3.63, 3.8) is 0 Å². The number of aromatic hydroxyl groups is 1. The molecule has 0 aromatic heterocycles. The minimum atomic E-state index is -0.227. The summed E-state index contributed by atoms with van der Waals surface area (Å²) in [5.41, 5.74) is 0.939. The lowest BCUT2D eigenvalue weighted by molar-refractivity contribution is 0.101. The van der Waals surface area contributed by atoms with Crippen molar-refractivity contribution >= 4 is 17.4 Å². The fourth-order valence-electron chi connectivity index (χ4n) is 1.27. The van der Waals surface area contributed by atoms with Gasteiger partial charge in [-0.1, -0.05) is 11.6 Å². The molecule has 0 amide bonds. The number of carbonyl (C=O) groups is 1. The number of rotatable bonds is 2. The van der Waals surface area contributed by atoms with E-state index < -0.39 is 0 Å². The number of methoxy groups -OCH3 is 1. The summed E-state index contributed by atoms with van der Waals surface area (Å²) >= 11 is 5.82. The largest absolute Gasteiger partial charge is 0.505 e. The predicted octanol–water partition coefficient (Wildman–Crippen LogP) is 2.57. The number of ether oxygens (including phenoxy) is 1. The zero-order chi connectivity index (χ0) is 10.9. The Balaban J connectivity index is 3.47. The molecule has 0 radical (unpaired) electrons. The molecule has 0 fully saturated rings. The summed E-state index contributed by atoms with van der Waals surface area (Å²) in [5, 5.41) is 9.65. The molecule has 0 atom stereocenters. The second-order valence-corrected chi connectivity index (χ2v) is 3.37. The van der Waals surface area contributed by atoms with Crippen LogP contribution in [0.15, 0.2) is 6.07 Å². The van der Waals surface area contributed by atoms with Gasteiger partial charge in [0.2, 0.25) is 0 Å². The molecule has 1 aromatic carbocycles. The lowest BCUT2D eigenvalue weighted by Gasteiger charge is -2.10. The number of phenols is 1. The van der Waals surface area contributed by atoms with Crippen molar-refractivity contribution in [3.05, 3.63) is 22.2 Å². The van der Waals surface area contributed by atoms with E-state index >= 15 is 0 Å². The SMILES string of the molecule is COc1c(C)cc(C(C)=O)c(O)c1Cl. The van der Waals surface area contributed by atoms with Crippen LogP contribution in [0.2, 0.25) is 5.02 Å². The molecule has 0 saturated heterocycles. The number of hydrogen-bond donors (Lipinski definition) is 1. The van der Waals surface area contributed by atoms with Crippen molar-refractivity contribution < 1.29 is 14.6 Å². The Morgan fingerprint density at radius 2 is 2.14 bits per heavy atom. The quantitative estimate of drug-likeness (QED) is 0.770. The summed E-state index contributed by atoms with van der Waals surface area (Å²) < 4.78 is 4.99. The minimum Gasteiger partial charge on any atom is -0.505 e. The van der Waals surface area contributed by atoms with Crippen LogP contribution in [0.3, 0.4) is 0 Å². The van der Waals surface area contributed by atoms with E-state index in [1.165, 1.54) is 14.0 Å². The minimum absolute atomic E-state index is 0.0812. The molecule has 76 valence electrons. The molecule has 0 spiro atoms. The number of Topliss-reactive ketones (excluding diaryl/α,β-unsaturated/α-hetero) is 1. The maximum absolute atomic E-state index is 11.1. The van der Waals surface area contributed by atoms with Gasteiger partial charge in [0, 0.05) is 0 Å². The highest BCUT2D eigenvalue weighted by molar-refractivity contribution is 6.34. The van der Waals surface area contributed by atoms with Crippen LogP contribution >= 0.6 is 11.6 Å². The third kappa shape index (κ3) is 1.68. The molecule has 3 nitrogen and oxygen atoms in total. The standard InChI is InChI=1S/C10H11ClO3/c1-5-4-7(6(2)12)9(13)8(11)10(5)14-3/h4,13H,1-3H3. The Bertz CT molecular complexity index is 385. The maximum Gasteiger partial charge on any atom is 0.163 e.